The summed E-state index contributed by atoms with van der Waals surface area (Å²) in [7, 11) is 1.54. The molecular formula is C17H29N3O4. The molecule has 0 aliphatic rings. The largest absolute Gasteiger partial charge is 0.464 e. The predicted octanol–water partition coefficient (Wildman–Crippen LogP) is 2.78. The lowest BCUT2D eigenvalue weighted by Gasteiger charge is -2.29. The number of hydrogen-bond acceptors (Lipinski definition) is 5. The van der Waals surface area contributed by atoms with Gasteiger partial charge in [0.1, 0.15) is 11.6 Å². The fraction of sp³-hybridized carbons (Fsp3) is 0.706. The van der Waals surface area contributed by atoms with Crippen molar-refractivity contribution in [2.75, 3.05) is 13.7 Å². The number of carbonyl (C=O) groups is 2. The first-order valence-corrected chi connectivity index (χ1v) is 8.20. The van der Waals surface area contributed by atoms with Crippen molar-refractivity contribution in [1.29, 1.82) is 0 Å². The number of aromatic nitrogens is 2. The van der Waals surface area contributed by atoms with Crippen molar-refractivity contribution < 1.29 is 19.1 Å². The molecule has 0 fully saturated rings. The van der Waals surface area contributed by atoms with Crippen LogP contribution in [0.5, 0.6) is 0 Å². The molecule has 7 heteroatoms. The fourth-order valence-electron chi connectivity index (χ4n) is 1.94. The molecule has 0 aromatic carbocycles. The number of likely N-dealkylation sites (N-methyl/N-ethyl adjacent to an activating group) is 1. The number of carbonyl (C=O) groups excluding carboxylic acids is 2. The summed E-state index contributed by atoms with van der Waals surface area (Å²) < 4.78 is 10.7. The van der Waals surface area contributed by atoms with Gasteiger partial charge in [-0.2, -0.15) is 0 Å². The zero-order valence-corrected chi connectivity index (χ0v) is 15.5. The minimum Gasteiger partial charge on any atom is -0.464 e. The molecule has 1 aromatic rings. The minimum atomic E-state index is -0.771. The third-order valence-electron chi connectivity index (χ3n) is 3.33. The Balaban J connectivity index is 2.79. The van der Waals surface area contributed by atoms with Gasteiger partial charge in [-0.1, -0.05) is 13.8 Å². The Hall–Kier alpha value is -2.05. The van der Waals surface area contributed by atoms with Crippen LogP contribution in [0, 0.1) is 5.92 Å². The summed E-state index contributed by atoms with van der Waals surface area (Å²) >= 11 is 0. The third kappa shape index (κ3) is 7.02. The van der Waals surface area contributed by atoms with Crippen molar-refractivity contribution >= 4 is 12.1 Å². The van der Waals surface area contributed by atoms with E-state index in [0.29, 0.717) is 12.5 Å². The summed E-state index contributed by atoms with van der Waals surface area (Å²) in [5.74, 6) is -0.00829. The molecule has 1 atom stereocenters. The molecule has 0 radical (unpaired) electrons. The first-order valence-electron chi connectivity index (χ1n) is 8.20. The van der Waals surface area contributed by atoms with E-state index in [2.05, 4.69) is 23.8 Å². The van der Waals surface area contributed by atoms with Gasteiger partial charge < -0.3 is 14.5 Å². The lowest BCUT2D eigenvalue weighted by Crippen LogP contribution is -2.46. The maximum atomic E-state index is 12.5. The van der Waals surface area contributed by atoms with E-state index in [0.717, 1.165) is 12.1 Å². The number of imidazole rings is 1. The Bertz CT molecular complexity index is 520. The number of H-pyrrole nitrogens is 1. The van der Waals surface area contributed by atoms with E-state index in [1.165, 1.54) is 11.2 Å². The van der Waals surface area contributed by atoms with Crippen molar-refractivity contribution in [3.05, 3.63) is 18.2 Å². The van der Waals surface area contributed by atoms with Gasteiger partial charge in [-0.3, -0.25) is 4.90 Å². The molecule has 0 aliphatic heterocycles. The van der Waals surface area contributed by atoms with Gasteiger partial charge in [-0.25, -0.2) is 14.6 Å². The van der Waals surface area contributed by atoms with Crippen LogP contribution < -0.4 is 0 Å². The van der Waals surface area contributed by atoms with Crippen molar-refractivity contribution in [3.63, 3.8) is 0 Å². The molecule has 1 N–H and O–H groups in total. The predicted molar refractivity (Wildman–Crippen MR) is 90.5 cm³/mol. The lowest BCUT2D eigenvalue weighted by molar-refractivity contribution is -0.149. The molecule has 0 aliphatic carbocycles. The van der Waals surface area contributed by atoms with E-state index in [4.69, 9.17) is 9.47 Å². The van der Waals surface area contributed by atoms with Crippen LogP contribution in [0.4, 0.5) is 4.79 Å². The number of esters is 1. The second-order valence-corrected chi connectivity index (χ2v) is 7.24. The molecule has 0 saturated heterocycles. The zero-order chi connectivity index (χ0) is 18.3. The number of hydrogen-bond donors (Lipinski definition) is 1. The Morgan fingerprint density at radius 2 is 2.00 bits per heavy atom. The summed E-state index contributed by atoms with van der Waals surface area (Å²) in [4.78, 5) is 32.9. The van der Waals surface area contributed by atoms with Crippen LogP contribution in [0.2, 0.25) is 0 Å². The molecular weight excluding hydrogens is 310 g/mol. The minimum absolute atomic E-state index is 0.288. The van der Waals surface area contributed by atoms with Crippen molar-refractivity contribution in [3.8, 4) is 0 Å². The van der Waals surface area contributed by atoms with E-state index in [-0.39, 0.29) is 6.42 Å². The summed E-state index contributed by atoms with van der Waals surface area (Å²) in [6.07, 6.45) is 3.66. The molecule has 24 heavy (non-hydrogen) atoms. The van der Waals surface area contributed by atoms with Gasteiger partial charge in [-0.15, -0.1) is 0 Å². The average Bonchev–Trinajstić information content (AvgIpc) is 2.94. The van der Waals surface area contributed by atoms with E-state index in [1.807, 2.05) is 0 Å². The fourth-order valence-corrected chi connectivity index (χ4v) is 1.94. The molecule has 1 amide bonds. The Morgan fingerprint density at radius 3 is 2.50 bits per heavy atom. The van der Waals surface area contributed by atoms with Crippen LogP contribution in [0.15, 0.2) is 12.5 Å². The first-order chi connectivity index (χ1) is 11.1. The zero-order valence-electron chi connectivity index (χ0n) is 15.5. The van der Waals surface area contributed by atoms with E-state index >= 15 is 0 Å². The van der Waals surface area contributed by atoms with Crippen LogP contribution in [-0.4, -0.2) is 52.2 Å². The Kier molecular flexibility index (Phi) is 7.25. The van der Waals surface area contributed by atoms with Gasteiger partial charge in [0.05, 0.1) is 12.9 Å². The molecule has 0 spiro atoms. The lowest BCUT2D eigenvalue weighted by atomic mass is 10.1. The van der Waals surface area contributed by atoms with E-state index in [1.54, 1.807) is 34.0 Å². The quantitative estimate of drug-likeness (QED) is 0.772. The molecule has 1 aromatic heterocycles. The third-order valence-corrected chi connectivity index (χ3v) is 3.33. The molecule has 136 valence electrons. The van der Waals surface area contributed by atoms with Gasteiger partial charge in [0.2, 0.25) is 0 Å². The topological polar surface area (TPSA) is 84.5 Å². The summed E-state index contributed by atoms with van der Waals surface area (Å²) in [5, 5.41) is 0. The summed E-state index contributed by atoms with van der Waals surface area (Å²) in [6.45, 7) is 9.79. The van der Waals surface area contributed by atoms with Gasteiger partial charge >= 0.3 is 12.1 Å². The molecule has 7 nitrogen and oxygen atoms in total. The second-order valence-electron chi connectivity index (χ2n) is 7.24. The summed E-state index contributed by atoms with van der Waals surface area (Å²) in [5.41, 5.74) is 0.113. The number of nitrogens with one attached hydrogen (secondary N) is 1. The smallest absolute Gasteiger partial charge is 0.410 e. The van der Waals surface area contributed by atoms with Crippen LogP contribution in [0.1, 0.15) is 46.7 Å². The summed E-state index contributed by atoms with van der Waals surface area (Å²) in [6, 6.07) is -0.771. The van der Waals surface area contributed by atoms with Crippen LogP contribution in [0.25, 0.3) is 0 Å². The Labute approximate surface area is 143 Å². The average molecular weight is 339 g/mol. The standard InChI is InChI=1S/C17H29N3O4/c1-12(2)7-8-23-15(21)14(9-13-10-18-11-19-13)20(6)16(22)24-17(3,4)5/h10-12,14H,7-9H2,1-6H3,(H,18,19)/t14-/m0/s1. The van der Waals surface area contributed by atoms with Crippen molar-refractivity contribution in [2.45, 2.75) is 59.1 Å². The van der Waals surface area contributed by atoms with Crippen LogP contribution >= 0.6 is 0 Å². The highest BCUT2D eigenvalue weighted by atomic mass is 16.6. The van der Waals surface area contributed by atoms with Crippen molar-refractivity contribution in [2.24, 2.45) is 5.92 Å². The molecule has 1 heterocycles. The maximum Gasteiger partial charge on any atom is 0.410 e. The van der Waals surface area contributed by atoms with Crippen LogP contribution in [-0.2, 0) is 20.7 Å². The highest BCUT2D eigenvalue weighted by Gasteiger charge is 2.32. The second kappa shape index (κ2) is 8.70. The number of aromatic amines is 1. The van der Waals surface area contributed by atoms with Crippen LogP contribution in [0.3, 0.4) is 0 Å². The van der Waals surface area contributed by atoms with E-state index < -0.39 is 23.7 Å². The highest BCUT2D eigenvalue weighted by Crippen LogP contribution is 2.14. The van der Waals surface area contributed by atoms with Crippen molar-refractivity contribution in [1.82, 2.24) is 14.9 Å². The highest BCUT2D eigenvalue weighted by molar-refractivity contribution is 5.81. The van der Waals surface area contributed by atoms with Gasteiger partial charge in [0.25, 0.3) is 0 Å². The maximum absolute atomic E-state index is 12.5. The van der Waals surface area contributed by atoms with Gasteiger partial charge in [0, 0.05) is 25.4 Å². The number of rotatable bonds is 7. The first kappa shape index (κ1) is 20.0. The molecule has 0 saturated carbocycles. The number of amides is 1. The van der Waals surface area contributed by atoms with Gasteiger partial charge in [0.15, 0.2) is 0 Å². The normalized spacial score (nSPS) is 12.8. The molecule has 0 unspecified atom stereocenters. The molecule has 0 bridgehead atoms. The van der Waals surface area contributed by atoms with Gasteiger partial charge in [-0.05, 0) is 33.1 Å². The Morgan fingerprint density at radius 1 is 1.33 bits per heavy atom. The SMILES string of the molecule is CC(C)CCOC(=O)[C@H](Cc1cnc[nH]1)N(C)C(=O)OC(C)(C)C. The monoisotopic (exact) mass is 339 g/mol. The van der Waals surface area contributed by atoms with E-state index in [9.17, 15) is 9.59 Å². The number of ether oxygens (including phenoxy) is 2. The number of nitrogens with zero attached hydrogens (tertiary/aromatic N) is 2. The molecule has 1 rings (SSSR count).